The molecule has 0 unspecified atom stereocenters. The predicted octanol–water partition coefficient (Wildman–Crippen LogP) is 0.110. The highest BCUT2D eigenvalue weighted by Gasteiger charge is 2.24. The van der Waals surface area contributed by atoms with Crippen molar-refractivity contribution in [2.24, 2.45) is 0 Å². The first-order chi connectivity index (χ1) is 14.0. The van der Waals surface area contributed by atoms with Gasteiger partial charge in [-0.05, 0) is 24.3 Å². The number of nitrogens with one attached hydrogen (secondary N) is 2. The van der Waals surface area contributed by atoms with Gasteiger partial charge in [-0.25, -0.2) is 0 Å². The summed E-state index contributed by atoms with van der Waals surface area (Å²) in [6.07, 6.45) is 1.36. The lowest BCUT2D eigenvalue weighted by Gasteiger charge is -2.34. The lowest BCUT2D eigenvalue weighted by molar-refractivity contribution is -0.133. The highest BCUT2D eigenvalue weighted by molar-refractivity contribution is 5.95. The molecule has 9 nitrogen and oxygen atoms in total. The number of hydrogen-bond donors (Lipinski definition) is 2. The van der Waals surface area contributed by atoms with Crippen LogP contribution in [0.2, 0.25) is 0 Å². The molecule has 9 heteroatoms. The van der Waals surface area contributed by atoms with Crippen LogP contribution >= 0.6 is 0 Å². The van der Waals surface area contributed by atoms with Crippen molar-refractivity contribution in [3.8, 4) is 0 Å². The third-order valence-corrected chi connectivity index (χ3v) is 4.53. The maximum Gasteiger partial charge on any atom is 0.287 e. The molecule has 0 bridgehead atoms. The van der Waals surface area contributed by atoms with Gasteiger partial charge in [-0.2, -0.15) is 0 Å². The van der Waals surface area contributed by atoms with Crippen molar-refractivity contribution in [1.82, 2.24) is 20.4 Å². The van der Waals surface area contributed by atoms with Gasteiger partial charge in [-0.15, -0.1) is 0 Å². The van der Waals surface area contributed by atoms with Crippen LogP contribution in [0.3, 0.4) is 0 Å². The zero-order valence-electron chi connectivity index (χ0n) is 15.8. The summed E-state index contributed by atoms with van der Waals surface area (Å²) in [6.45, 7) is 1.26. The number of hydrogen-bond acceptors (Lipinski definition) is 5. The van der Waals surface area contributed by atoms with E-state index in [0.29, 0.717) is 31.7 Å². The molecule has 2 N–H and O–H groups in total. The van der Waals surface area contributed by atoms with Crippen LogP contribution in [0.25, 0.3) is 0 Å². The van der Waals surface area contributed by atoms with E-state index in [0.717, 1.165) is 0 Å². The second kappa shape index (κ2) is 9.54. The molecule has 1 fully saturated rings. The number of nitrogens with zero attached hydrogens (tertiary/aromatic N) is 2. The van der Waals surface area contributed by atoms with Crippen LogP contribution in [0.15, 0.2) is 53.1 Å². The highest BCUT2D eigenvalue weighted by atomic mass is 16.3. The molecule has 0 aliphatic carbocycles. The Balaban J connectivity index is 1.37. The van der Waals surface area contributed by atoms with E-state index in [1.807, 2.05) is 18.2 Å². The first-order valence-corrected chi connectivity index (χ1v) is 9.25. The zero-order chi connectivity index (χ0) is 20.6. The summed E-state index contributed by atoms with van der Waals surface area (Å²) in [5.41, 5.74) is 0.621. The summed E-state index contributed by atoms with van der Waals surface area (Å²) in [6, 6.07) is 12.1. The van der Waals surface area contributed by atoms with E-state index in [4.69, 9.17) is 4.42 Å². The molecule has 0 saturated carbocycles. The van der Waals surface area contributed by atoms with E-state index in [-0.39, 0.29) is 30.7 Å². The fraction of sp³-hybridized carbons (Fsp3) is 0.300. The van der Waals surface area contributed by atoms with Crippen molar-refractivity contribution < 1.29 is 23.6 Å². The van der Waals surface area contributed by atoms with E-state index in [9.17, 15) is 19.2 Å². The van der Waals surface area contributed by atoms with E-state index < -0.39 is 11.8 Å². The van der Waals surface area contributed by atoms with Crippen LogP contribution in [0.5, 0.6) is 0 Å². The minimum absolute atomic E-state index is 0.0571. The monoisotopic (exact) mass is 398 g/mol. The SMILES string of the molecule is O=C(CNC(=O)c1ccco1)NCC(=O)N1CCN(C(=O)c2ccccc2)CC1. The Labute approximate surface area is 167 Å². The summed E-state index contributed by atoms with van der Waals surface area (Å²) in [4.78, 5) is 51.5. The van der Waals surface area contributed by atoms with Gasteiger partial charge >= 0.3 is 0 Å². The first kappa shape index (κ1) is 20.1. The molecule has 1 saturated heterocycles. The number of piperazine rings is 1. The van der Waals surface area contributed by atoms with Crippen molar-refractivity contribution in [2.45, 2.75) is 0 Å². The summed E-state index contributed by atoms with van der Waals surface area (Å²) in [5.74, 6) is -1.16. The second-order valence-electron chi connectivity index (χ2n) is 6.48. The number of amides is 4. The summed E-state index contributed by atoms with van der Waals surface area (Å²) in [5, 5.41) is 4.89. The van der Waals surface area contributed by atoms with Crippen LogP contribution in [0.4, 0.5) is 0 Å². The molecule has 0 radical (unpaired) electrons. The molecule has 0 spiro atoms. The van der Waals surface area contributed by atoms with Gasteiger partial charge in [0.05, 0.1) is 19.4 Å². The Morgan fingerprint density at radius 1 is 0.828 bits per heavy atom. The second-order valence-corrected chi connectivity index (χ2v) is 6.48. The van der Waals surface area contributed by atoms with E-state index in [1.54, 1.807) is 28.0 Å². The van der Waals surface area contributed by atoms with Crippen LogP contribution in [-0.2, 0) is 9.59 Å². The standard InChI is InChI=1S/C20H22N4O5/c25-17(13-22-19(27)16-7-4-12-29-16)21-14-18(26)23-8-10-24(11-9-23)20(28)15-5-2-1-3-6-15/h1-7,12H,8-11,13-14H2,(H,21,25)(H,22,27). The van der Waals surface area contributed by atoms with Gasteiger partial charge in [-0.1, -0.05) is 18.2 Å². The molecule has 1 aromatic heterocycles. The molecule has 2 heterocycles. The Hall–Kier alpha value is -3.62. The summed E-state index contributed by atoms with van der Waals surface area (Å²) >= 11 is 0. The largest absolute Gasteiger partial charge is 0.459 e. The van der Waals surface area contributed by atoms with Crippen LogP contribution < -0.4 is 10.6 Å². The lowest BCUT2D eigenvalue weighted by Crippen LogP contribution is -2.53. The van der Waals surface area contributed by atoms with E-state index in [1.165, 1.54) is 12.3 Å². The zero-order valence-corrected chi connectivity index (χ0v) is 15.8. The fourth-order valence-electron chi connectivity index (χ4n) is 2.93. The van der Waals surface area contributed by atoms with Crippen LogP contribution in [0, 0.1) is 0 Å². The van der Waals surface area contributed by atoms with E-state index >= 15 is 0 Å². The van der Waals surface area contributed by atoms with Gasteiger partial charge in [-0.3, -0.25) is 19.2 Å². The molecule has 152 valence electrons. The average molecular weight is 398 g/mol. The molecule has 0 atom stereocenters. The summed E-state index contributed by atoms with van der Waals surface area (Å²) < 4.78 is 4.93. The molecule has 1 aromatic carbocycles. The van der Waals surface area contributed by atoms with Crippen molar-refractivity contribution >= 4 is 23.6 Å². The van der Waals surface area contributed by atoms with Gasteiger partial charge in [0.15, 0.2) is 5.76 Å². The third kappa shape index (κ3) is 5.44. The number of rotatable bonds is 6. The molecule has 1 aliphatic rings. The van der Waals surface area contributed by atoms with E-state index in [2.05, 4.69) is 10.6 Å². The predicted molar refractivity (Wildman–Crippen MR) is 103 cm³/mol. The Kier molecular flexibility index (Phi) is 6.62. The molecule has 2 aromatic rings. The van der Waals surface area contributed by atoms with Crippen LogP contribution in [0.1, 0.15) is 20.9 Å². The minimum Gasteiger partial charge on any atom is -0.459 e. The topological polar surface area (TPSA) is 112 Å². The maximum absolute atomic E-state index is 12.4. The van der Waals surface area contributed by atoms with Crippen molar-refractivity contribution in [3.63, 3.8) is 0 Å². The van der Waals surface area contributed by atoms with Gasteiger partial charge in [0.2, 0.25) is 11.8 Å². The smallest absolute Gasteiger partial charge is 0.287 e. The third-order valence-electron chi connectivity index (χ3n) is 4.53. The first-order valence-electron chi connectivity index (χ1n) is 9.25. The molecule has 1 aliphatic heterocycles. The fourth-order valence-corrected chi connectivity index (χ4v) is 2.93. The number of carbonyl (C=O) groups is 4. The minimum atomic E-state index is -0.504. The maximum atomic E-state index is 12.4. The molecule has 3 rings (SSSR count). The van der Waals surface area contributed by atoms with Crippen molar-refractivity contribution in [1.29, 1.82) is 0 Å². The normalized spacial score (nSPS) is 13.7. The van der Waals surface area contributed by atoms with Gasteiger partial charge < -0.3 is 24.9 Å². The van der Waals surface area contributed by atoms with Gasteiger partial charge in [0.25, 0.3) is 11.8 Å². The lowest BCUT2D eigenvalue weighted by atomic mass is 10.2. The Bertz CT molecular complexity index is 858. The quantitative estimate of drug-likeness (QED) is 0.717. The summed E-state index contributed by atoms with van der Waals surface area (Å²) in [7, 11) is 0. The molecule has 29 heavy (non-hydrogen) atoms. The van der Waals surface area contributed by atoms with Crippen molar-refractivity contribution in [2.75, 3.05) is 39.3 Å². The average Bonchev–Trinajstić information content (AvgIpc) is 3.31. The molecular formula is C20H22N4O5. The number of benzene rings is 1. The molecule has 4 amide bonds. The van der Waals surface area contributed by atoms with Gasteiger partial charge in [0, 0.05) is 31.7 Å². The molecular weight excluding hydrogens is 376 g/mol. The van der Waals surface area contributed by atoms with Crippen molar-refractivity contribution in [3.05, 3.63) is 60.1 Å². The highest BCUT2D eigenvalue weighted by Crippen LogP contribution is 2.08. The Morgan fingerprint density at radius 3 is 2.17 bits per heavy atom. The Morgan fingerprint density at radius 2 is 1.52 bits per heavy atom. The van der Waals surface area contributed by atoms with Gasteiger partial charge in [0.1, 0.15) is 0 Å². The number of furan rings is 1. The van der Waals surface area contributed by atoms with Crippen LogP contribution in [-0.4, -0.2) is 72.7 Å². The number of carbonyl (C=O) groups excluding carboxylic acids is 4.